The lowest BCUT2D eigenvalue weighted by atomic mass is 9.86. The summed E-state index contributed by atoms with van der Waals surface area (Å²) >= 11 is 0. The number of hydrogen-bond donors (Lipinski definition) is 1. The van der Waals surface area contributed by atoms with E-state index in [0.29, 0.717) is 18.8 Å². The van der Waals surface area contributed by atoms with E-state index in [1.807, 2.05) is 20.8 Å². The largest absolute Gasteiger partial charge is 0.368 e. The van der Waals surface area contributed by atoms with Gasteiger partial charge in [-0.05, 0) is 25.8 Å². The topological polar surface area (TPSA) is 38.3 Å². The summed E-state index contributed by atoms with van der Waals surface area (Å²) in [6.45, 7) is 5.79. The molecule has 0 fully saturated rings. The zero-order valence-electron chi connectivity index (χ0n) is 8.69. The van der Waals surface area contributed by atoms with E-state index >= 15 is 0 Å². The van der Waals surface area contributed by atoms with Crippen molar-refractivity contribution in [1.82, 2.24) is 5.32 Å². The van der Waals surface area contributed by atoms with Crippen LogP contribution in [0.25, 0.3) is 0 Å². The van der Waals surface area contributed by atoms with Gasteiger partial charge in [0.15, 0.2) is 0 Å². The van der Waals surface area contributed by atoms with Crippen LogP contribution in [0.2, 0.25) is 0 Å². The Morgan fingerprint density at radius 2 is 2.15 bits per heavy atom. The predicted octanol–water partition coefficient (Wildman–Crippen LogP) is 1.83. The van der Waals surface area contributed by atoms with E-state index in [1.54, 1.807) is 7.05 Å². The van der Waals surface area contributed by atoms with Gasteiger partial charge >= 0.3 is 5.97 Å². The fourth-order valence-electron chi connectivity index (χ4n) is 1.52. The Bertz CT molecular complexity index is 167. The van der Waals surface area contributed by atoms with E-state index in [2.05, 4.69) is 10.3 Å². The van der Waals surface area contributed by atoms with Gasteiger partial charge in [-0.1, -0.05) is 20.8 Å². The molecule has 0 aliphatic rings. The van der Waals surface area contributed by atoms with Crippen LogP contribution in [0.1, 0.15) is 33.6 Å². The van der Waals surface area contributed by atoms with Gasteiger partial charge in [0, 0.05) is 4.53 Å². The summed E-state index contributed by atoms with van der Waals surface area (Å²) in [6, 6.07) is 0. The molecule has 0 saturated carbocycles. The van der Waals surface area contributed by atoms with Gasteiger partial charge in [0.25, 0.3) is 0 Å². The van der Waals surface area contributed by atoms with E-state index in [1.165, 1.54) is 0 Å². The maximum Gasteiger partial charge on any atom is 0.368 e. The Kier molecular flexibility index (Phi) is 4.91. The van der Waals surface area contributed by atoms with Gasteiger partial charge in [-0.15, -0.1) is 0 Å². The van der Waals surface area contributed by atoms with Crippen molar-refractivity contribution in [1.29, 1.82) is 0 Å². The highest BCUT2D eigenvalue weighted by Crippen LogP contribution is 2.22. The van der Waals surface area contributed by atoms with E-state index in [-0.39, 0.29) is 0 Å². The molecule has 0 saturated heterocycles. The number of hydrogen-bond acceptors (Lipinski definition) is 3. The van der Waals surface area contributed by atoms with Gasteiger partial charge in [0.2, 0.25) is 0 Å². The molecule has 1 unspecified atom stereocenters. The van der Waals surface area contributed by atoms with Gasteiger partial charge in [-0.2, -0.15) is 0 Å². The lowest BCUT2D eigenvalue weighted by Gasteiger charge is -2.29. The molecule has 0 bridgehead atoms. The minimum absolute atomic E-state index is 0.312. The third kappa shape index (κ3) is 2.95. The van der Waals surface area contributed by atoms with Crippen LogP contribution < -0.4 is 5.32 Å². The zero-order chi connectivity index (χ0) is 10.5. The van der Waals surface area contributed by atoms with Crippen LogP contribution in [-0.2, 0) is 9.74 Å². The molecule has 0 rings (SSSR count). The van der Waals surface area contributed by atoms with Gasteiger partial charge in [-0.3, -0.25) is 4.94 Å². The van der Waals surface area contributed by atoms with Crippen LogP contribution in [0.3, 0.4) is 0 Å². The molecule has 4 heteroatoms. The highest BCUT2D eigenvalue weighted by Gasteiger charge is 2.38. The molecule has 78 valence electrons. The molecule has 0 aliphatic heterocycles. The maximum atomic E-state index is 11.8. The molecule has 0 aliphatic carbocycles. The number of carbonyl (C=O) groups excluding carboxylic acids is 1. The molecule has 13 heavy (non-hydrogen) atoms. The van der Waals surface area contributed by atoms with Crippen molar-refractivity contribution in [3.05, 3.63) is 0 Å². The first-order valence-electron chi connectivity index (χ1n) is 4.54. The molecule has 0 aromatic rings. The first kappa shape index (κ1) is 12.4. The van der Waals surface area contributed by atoms with Gasteiger partial charge < -0.3 is 5.32 Å². The molecule has 3 nitrogen and oxygen atoms in total. The molecule has 0 heterocycles. The number of halogens is 1. The Labute approximate surface area is 78.5 Å². The molecule has 1 N–H and O–H groups in total. The van der Waals surface area contributed by atoms with Gasteiger partial charge in [-0.25, -0.2) is 4.79 Å². The van der Waals surface area contributed by atoms with Crippen LogP contribution >= 0.6 is 0 Å². The van der Waals surface area contributed by atoms with Crippen molar-refractivity contribution in [2.24, 2.45) is 5.92 Å². The number of nitrogens with one attached hydrogen (secondary N) is 1. The minimum Gasteiger partial charge on any atom is -0.305 e. The normalized spacial score (nSPS) is 15.5. The summed E-state index contributed by atoms with van der Waals surface area (Å²) in [4.78, 5) is 14.5. The summed E-state index contributed by atoms with van der Waals surface area (Å²) in [7, 11) is 1.64. The van der Waals surface area contributed by atoms with E-state index < -0.39 is 11.5 Å². The van der Waals surface area contributed by atoms with Crippen LogP contribution in [0.15, 0.2) is 0 Å². The average Bonchev–Trinajstić information content (AvgIpc) is 2.12. The second-order valence-electron chi connectivity index (χ2n) is 3.65. The van der Waals surface area contributed by atoms with Gasteiger partial charge in [0.1, 0.15) is 5.54 Å². The SMILES string of the molecule is CCC(CC(C)C)(NC)C(=O)OF. The maximum absolute atomic E-state index is 11.8. The van der Waals surface area contributed by atoms with Crippen LogP contribution in [0.5, 0.6) is 0 Å². The smallest absolute Gasteiger partial charge is 0.305 e. The Balaban J connectivity index is 4.58. The highest BCUT2D eigenvalue weighted by atomic mass is 19.3. The first-order valence-corrected chi connectivity index (χ1v) is 4.54. The lowest BCUT2D eigenvalue weighted by molar-refractivity contribution is -0.193. The van der Waals surface area contributed by atoms with Crippen LogP contribution in [0.4, 0.5) is 4.53 Å². The second-order valence-corrected chi connectivity index (χ2v) is 3.65. The second kappa shape index (κ2) is 5.17. The van der Waals surface area contributed by atoms with Gasteiger partial charge in [0.05, 0.1) is 0 Å². The fraction of sp³-hybridized carbons (Fsp3) is 0.889. The Morgan fingerprint density at radius 1 is 1.62 bits per heavy atom. The third-order valence-corrected chi connectivity index (χ3v) is 2.30. The molecular weight excluding hydrogens is 173 g/mol. The number of rotatable bonds is 5. The Morgan fingerprint density at radius 3 is 2.38 bits per heavy atom. The van der Waals surface area contributed by atoms with Crippen molar-refractivity contribution in [2.75, 3.05) is 7.05 Å². The lowest BCUT2D eigenvalue weighted by Crippen LogP contribution is -2.51. The average molecular weight is 191 g/mol. The zero-order valence-corrected chi connectivity index (χ0v) is 8.69. The van der Waals surface area contributed by atoms with Crippen molar-refractivity contribution >= 4 is 5.97 Å². The van der Waals surface area contributed by atoms with Crippen LogP contribution in [-0.4, -0.2) is 18.6 Å². The molecule has 0 spiro atoms. The fourth-order valence-corrected chi connectivity index (χ4v) is 1.52. The summed E-state index contributed by atoms with van der Waals surface area (Å²) in [5.74, 6) is -0.516. The monoisotopic (exact) mass is 191 g/mol. The molecule has 0 aromatic carbocycles. The van der Waals surface area contributed by atoms with Crippen molar-refractivity contribution < 1.29 is 14.3 Å². The molecule has 0 aromatic heterocycles. The van der Waals surface area contributed by atoms with E-state index in [4.69, 9.17) is 0 Å². The summed E-state index contributed by atoms with van der Waals surface area (Å²) < 4.78 is 11.8. The third-order valence-electron chi connectivity index (χ3n) is 2.30. The van der Waals surface area contributed by atoms with Crippen molar-refractivity contribution in [3.63, 3.8) is 0 Å². The van der Waals surface area contributed by atoms with Crippen molar-refractivity contribution in [2.45, 2.75) is 39.2 Å². The van der Waals surface area contributed by atoms with E-state index in [0.717, 1.165) is 0 Å². The summed E-state index contributed by atoms with van der Waals surface area (Å²) in [5.41, 5.74) is -0.872. The quantitative estimate of drug-likeness (QED) is 0.720. The summed E-state index contributed by atoms with van der Waals surface area (Å²) in [6.07, 6.45) is 1.09. The van der Waals surface area contributed by atoms with E-state index in [9.17, 15) is 9.32 Å². The van der Waals surface area contributed by atoms with Crippen molar-refractivity contribution in [3.8, 4) is 0 Å². The first-order chi connectivity index (χ1) is 6.02. The van der Waals surface area contributed by atoms with Crippen LogP contribution in [0, 0.1) is 5.92 Å². The standard InChI is InChI=1S/C9H18FNO2/c1-5-9(11-4,6-7(2)3)8(12)13-10/h7,11H,5-6H2,1-4H3. The molecule has 1 atom stereocenters. The highest BCUT2D eigenvalue weighted by molar-refractivity contribution is 5.80. The number of likely N-dealkylation sites (N-methyl/N-ethyl adjacent to an activating group) is 1. The minimum atomic E-state index is -0.872. The number of carbonyl (C=O) groups is 1. The molecular formula is C9H18FNO2. The summed E-state index contributed by atoms with van der Waals surface area (Å²) in [5, 5.41) is 2.83. The Hall–Kier alpha value is -0.640. The predicted molar refractivity (Wildman–Crippen MR) is 48.7 cm³/mol. The molecule has 0 amide bonds. The molecule has 0 radical (unpaired) electrons.